The third-order valence-electron chi connectivity index (χ3n) is 3.17. The van der Waals surface area contributed by atoms with Gasteiger partial charge in [0, 0.05) is 16.6 Å². The zero-order valence-corrected chi connectivity index (χ0v) is 14.1. The Labute approximate surface area is 128 Å². The highest BCUT2D eigenvalue weighted by molar-refractivity contribution is 9.10. The van der Waals surface area contributed by atoms with Gasteiger partial charge in [0.15, 0.2) is 0 Å². The molecule has 3 N–H and O–H groups in total. The molecule has 0 spiro atoms. The van der Waals surface area contributed by atoms with E-state index >= 15 is 0 Å². The molecule has 0 heterocycles. The number of amides is 1. The molecule has 0 bridgehead atoms. The van der Waals surface area contributed by atoms with E-state index in [4.69, 9.17) is 5.14 Å². The number of nitrogens with one attached hydrogen (secondary N) is 1. The third kappa shape index (κ3) is 4.29. The molecule has 0 fully saturated rings. The van der Waals surface area contributed by atoms with E-state index in [0.29, 0.717) is 22.5 Å². The van der Waals surface area contributed by atoms with E-state index in [9.17, 15) is 13.2 Å². The first-order chi connectivity index (χ1) is 9.16. The Kier molecular flexibility index (Phi) is 5.73. The molecule has 112 valence electrons. The number of primary sulfonamides is 1. The number of carbonyl (C=O) groups is 1. The van der Waals surface area contributed by atoms with Gasteiger partial charge < -0.3 is 5.32 Å². The van der Waals surface area contributed by atoms with Crippen LogP contribution in [0.1, 0.15) is 36.2 Å². The zero-order chi connectivity index (χ0) is 15.5. The van der Waals surface area contributed by atoms with Gasteiger partial charge in [-0.2, -0.15) is 0 Å². The molecule has 20 heavy (non-hydrogen) atoms. The summed E-state index contributed by atoms with van der Waals surface area (Å²) in [5.74, 6) is 0.0569. The van der Waals surface area contributed by atoms with Crippen molar-refractivity contribution in [2.24, 2.45) is 11.1 Å². The van der Waals surface area contributed by atoms with Crippen molar-refractivity contribution < 1.29 is 13.2 Å². The minimum Gasteiger partial charge on any atom is -0.352 e. The predicted octanol–water partition coefficient (Wildman–Crippen LogP) is 2.18. The van der Waals surface area contributed by atoms with E-state index in [1.165, 1.54) is 6.07 Å². The molecule has 0 saturated heterocycles. The summed E-state index contributed by atoms with van der Waals surface area (Å²) in [7, 11) is -3.86. The minimum absolute atomic E-state index is 0.0411. The molecule has 0 radical (unpaired) electrons. The SMILES string of the molecule is CCC(C)CNC(=O)c1cc(Br)c(C)c(S(N)(=O)=O)c1. The molecule has 1 atom stereocenters. The van der Waals surface area contributed by atoms with Crippen LogP contribution in [0.2, 0.25) is 0 Å². The summed E-state index contributed by atoms with van der Waals surface area (Å²) in [6.07, 6.45) is 0.959. The number of hydrogen-bond donors (Lipinski definition) is 2. The number of hydrogen-bond acceptors (Lipinski definition) is 3. The number of nitrogens with two attached hydrogens (primary N) is 1. The monoisotopic (exact) mass is 362 g/mol. The average molecular weight is 363 g/mol. The van der Waals surface area contributed by atoms with Crippen LogP contribution in [0.25, 0.3) is 0 Å². The Hall–Kier alpha value is -0.920. The molecule has 0 aromatic heterocycles. The lowest BCUT2D eigenvalue weighted by Crippen LogP contribution is -2.28. The maximum atomic E-state index is 12.0. The molecule has 1 rings (SSSR count). The van der Waals surface area contributed by atoms with Gasteiger partial charge in [0.05, 0.1) is 4.90 Å². The number of rotatable bonds is 5. The van der Waals surface area contributed by atoms with Crippen LogP contribution in [0.3, 0.4) is 0 Å². The molecule has 7 heteroatoms. The molecule has 0 saturated carbocycles. The summed E-state index contributed by atoms with van der Waals surface area (Å²) in [4.78, 5) is 12.0. The fourth-order valence-corrected chi connectivity index (χ4v) is 3.01. The maximum Gasteiger partial charge on any atom is 0.251 e. The Morgan fingerprint density at radius 3 is 2.55 bits per heavy atom. The van der Waals surface area contributed by atoms with E-state index in [0.717, 1.165) is 6.42 Å². The van der Waals surface area contributed by atoms with Gasteiger partial charge in [-0.1, -0.05) is 36.2 Å². The quantitative estimate of drug-likeness (QED) is 0.840. The van der Waals surface area contributed by atoms with Gasteiger partial charge in [0.1, 0.15) is 0 Å². The second kappa shape index (κ2) is 6.69. The molecule has 0 aliphatic carbocycles. The summed E-state index contributed by atoms with van der Waals surface area (Å²) < 4.78 is 23.6. The highest BCUT2D eigenvalue weighted by atomic mass is 79.9. The highest BCUT2D eigenvalue weighted by Crippen LogP contribution is 2.25. The highest BCUT2D eigenvalue weighted by Gasteiger charge is 2.18. The van der Waals surface area contributed by atoms with Gasteiger partial charge in [-0.3, -0.25) is 4.79 Å². The molecule has 1 unspecified atom stereocenters. The van der Waals surface area contributed by atoms with Crippen LogP contribution in [-0.2, 0) is 10.0 Å². The van der Waals surface area contributed by atoms with Crippen LogP contribution in [0.4, 0.5) is 0 Å². The van der Waals surface area contributed by atoms with Crippen molar-refractivity contribution in [1.29, 1.82) is 0 Å². The molecule has 5 nitrogen and oxygen atoms in total. The number of carbonyl (C=O) groups excluding carboxylic acids is 1. The van der Waals surface area contributed by atoms with Crippen molar-refractivity contribution in [3.63, 3.8) is 0 Å². The molecule has 1 amide bonds. The Balaban J connectivity index is 3.09. The van der Waals surface area contributed by atoms with Crippen molar-refractivity contribution >= 4 is 31.9 Å². The molecule has 1 aromatic rings. The first-order valence-corrected chi connectivity index (χ1v) is 8.61. The molecule has 0 aliphatic rings. The molecule has 1 aromatic carbocycles. The van der Waals surface area contributed by atoms with Crippen LogP contribution in [0.5, 0.6) is 0 Å². The van der Waals surface area contributed by atoms with Crippen molar-refractivity contribution in [3.8, 4) is 0 Å². The smallest absolute Gasteiger partial charge is 0.251 e. The van der Waals surface area contributed by atoms with Gasteiger partial charge in [0.2, 0.25) is 10.0 Å². The van der Waals surface area contributed by atoms with E-state index in [1.54, 1.807) is 13.0 Å². The van der Waals surface area contributed by atoms with E-state index in [2.05, 4.69) is 21.2 Å². The van der Waals surface area contributed by atoms with Crippen LogP contribution in [0, 0.1) is 12.8 Å². The number of halogens is 1. The summed E-state index contributed by atoms with van der Waals surface area (Å²) >= 11 is 3.25. The predicted molar refractivity (Wildman–Crippen MR) is 82.0 cm³/mol. The van der Waals surface area contributed by atoms with Crippen LogP contribution in [-0.4, -0.2) is 20.9 Å². The van der Waals surface area contributed by atoms with E-state index < -0.39 is 10.0 Å². The summed E-state index contributed by atoms with van der Waals surface area (Å²) in [6, 6.07) is 2.90. The van der Waals surface area contributed by atoms with Gasteiger partial charge >= 0.3 is 0 Å². The lowest BCUT2D eigenvalue weighted by Gasteiger charge is -2.12. The maximum absolute atomic E-state index is 12.0. The number of sulfonamides is 1. The fourth-order valence-electron chi connectivity index (χ4n) is 1.59. The fraction of sp³-hybridized carbons (Fsp3) is 0.462. The van der Waals surface area contributed by atoms with E-state index in [1.807, 2.05) is 13.8 Å². The molecule has 0 aliphatic heterocycles. The standard InChI is InChI=1S/C13H19BrN2O3S/c1-4-8(2)7-16-13(17)10-5-11(14)9(3)12(6-10)20(15,18)19/h5-6,8H,4,7H2,1-3H3,(H,16,17)(H2,15,18,19). The Bertz CT molecular complexity index is 614. The second-order valence-electron chi connectivity index (χ2n) is 4.85. The first kappa shape index (κ1) is 17.1. The normalized spacial score (nSPS) is 13.1. The summed E-state index contributed by atoms with van der Waals surface area (Å²) in [5, 5.41) is 7.94. The third-order valence-corrected chi connectivity index (χ3v) is 5.03. The van der Waals surface area contributed by atoms with E-state index in [-0.39, 0.29) is 16.4 Å². The van der Waals surface area contributed by atoms with Gasteiger partial charge in [-0.25, -0.2) is 13.6 Å². The van der Waals surface area contributed by atoms with Crippen molar-refractivity contribution in [2.45, 2.75) is 32.1 Å². The van der Waals surface area contributed by atoms with Gasteiger partial charge in [0.25, 0.3) is 5.91 Å². The summed E-state index contributed by atoms with van der Waals surface area (Å²) in [5.41, 5.74) is 0.765. The topological polar surface area (TPSA) is 89.3 Å². The lowest BCUT2D eigenvalue weighted by atomic mass is 10.1. The summed E-state index contributed by atoms with van der Waals surface area (Å²) in [6.45, 7) is 6.25. The van der Waals surface area contributed by atoms with Crippen LogP contribution in [0.15, 0.2) is 21.5 Å². The zero-order valence-electron chi connectivity index (χ0n) is 11.7. The van der Waals surface area contributed by atoms with Crippen molar-refractivity contribution in [3.05, 3.63) is 27.7 Å². The minimum atomic E-state index is -3.86. The average Bonchev–Trinajstić information content (AvgIpc) is 2.36. The lowest BCUT2D eigenvalue weighted by molar-refractivity contribution is 0.0947. The van der Waals surface area contributed by atoms with Gasteiger partial charge in [-0.15, -0.1) is 0 Å². The Morgan fingerprint density at radius 1 is 1.45 bits per heavy atom. The largest absolute Gasteiger partial charge is 0.352 e. The molecular weight excluding hydrogens is 344 g/mol. The van der Waals surface area contributed by atoms with Crippen LogP contribution >= 0.6 is 15.9 Å². The Morgan fingerprint density at radius 2 is 2.05 bits per heavy atom. The molecular formula is C13H19BrN2O3S. The number of benzene rings is 1. The first-order valence-electron chi connectivity index (χ1n) is 6.28. The second-order valence-corrected chi connectivity index (χ2v) is 7.23. The van der Waals surface area contributed by atoms with Crippen molar-refractivity contribution in [2.75, 3.05) is 6.54 Å². The van der Waals surface area contributed by atoms with Gasteiger partial charge in [-0.05, 0) is 30.5 Å². The van der Waals surface area contributed by atoms with Crippen LogP contribution < -0.4 is 10.5 Å². The van der Waals surface area contributed by atoms with Crippen molar-refractivity contribution in [1.82, 2.24) is 5.32 Å².